The van der Waals surface area contributed by atoms with Crippen molar-refractivity contribution >= 4 is 18.3 Å². The summed E-state index contributed by atoms with van der Waals surface area (Å²) in [5.74, 6) is 1.58. The second-order valence-electron chi connectivity index (χ2n) is 5.43. The molecule has 0 saturated carbocycles. The van der Waals surface area contributed by atoms with Gasteiger partial charge in [-0.25, -0.2) is 0 Å². The summed E-state index contributed by atoms with van der Waals surface area (Å²) < 4.78 is 10.4. The van der Waals surface area contributed by atoms with Crippen molar-refractivity contribution in [3.63, 3.8) is 0 Å². The molecular formula is C16H25ClN2O3. The Hall–Kier alpha value is -1.46. The third-order valence-electron chi connectivity index (χ3n) is 4.05. The lowest BCUT2D eigenvalue weighted by Gasteiger charge is -2.29. The van der Waals surface area contributed by atoms with E-state index in [9.17, 15) is 4.79 Å². The van der Waals surface area contributed by atoms with Gasteiger partial charge >= 0.3 is 0 Å². The largest absolute Gasteiger partial charge is 0.497 e. The lowest BCUT2D eigenvalue weighted by atomic mass is 9.92. The minimum atomic E-state index is -0.104. The highest BCUT2D eigenvalue weighted by Crippen LogP contribution is 2.25. The number of methoxy groups -OCH3 is 2. The summed E-state index contributed by atoms with van der Waals surface area (Å²) in [5.41, 5.74) is 0.536. The molecule has 1 aliphatic rings. The van der Waals surface area contributed by atoms with E-state index in [1.807, 2.05) is 0 Å². The lowest BCUT2D eigenvalue weighted by molar-refractivity contribution is 0.0919. The number of benzene rings is 1. The maximum atomic E-state index is 12.4. The van der Waals surface area contributed by atoms with Crippen LogP contribution in [0.5, 0.6) is 11.5 Å². The minimum absolute atomic E-state index is 0. The zero-order chi connectivity index (χ0) is 15.2. The summed E-state index contributed by atoms with van der Waals surface area (Å²) in [6, 6.07) is 5.36. The van der Waals surface area contributed by atoms with Crippen LogP contribution in [-0.4, -0.2) is 39.3 Å². The van der Waals surface area contributed by atoms with E-state index in [0.29, 0.717) is 23.0 Å². The van der Waals surface area contributed by atoms with Gasteiger partial charge in [0.2, 0.25) is 0 Å². The molecule has 2 unspecified atom stereocenters. The van der Waals surface area contributed by atoms with Crippen LogP contribution in [0.4, 0.5) is 0 Å². The monoisotopic (exact) mass is 328 g/mol. The van der Waals surface area contributed by atoms with Crippen molar-refractivity contribution in [2.45, 2.75) is 25.8 Å². The fourth-order valence-electron chi connectivity index (χ4n) is 2.69. The van der Waals surface area contributed by atoms with E-state index in [-0.39, 0.29) is 24.4 Å². The first kappa shape index (κ1) is 18.6. The number of nitrogens with one attached hydrogen (secondary N) is 2. The van der Waals surface area contributed by atoms with Gasteiger partial charge in [-0.2, -0.15) is 0 Å². The highest BCUT2D eigenvalue weighted by molar-refractivity contribution is 5.97. The van der Waals surface area contributed by atoms with Crippen molar-refractivity contribution in [1.82, 2.24) is 10.6 Å². The van der Waals surface area contributed by atoms with Gasteiger partial charge in [0, 0.05) is 12.1 Å². The number of amides is 1. The highest BCUT2D eigenvalue weighted by atomic mass is 35.5. The van der Waals surface area contributed by atoms with Crippen LogP contribution in [0.25, 0.3) is 0 Å². The molecule has 2 N–H and O–H groups in total. The second kappa shape index (κ2) is 8.86. The third-order valence-corrected chi connectivity index (χ3v) is 4.05. The predicted molar refractivity (Wildman–Crippen MR) is 89.3 cm³/mol. The molecule has 1 fully saturated rings. The topological polar surface area (TPSA) is 59.6 Å². The molecule has 1 aromatic rings. The molecule has 22 heavy (non-hydrogen) atoms. The normalized spacial score (nSPS) is 18.8. The van der Waals surface area contributed by atoms with Gasteiger partial charge < -0.3 is 20.1 Å². The Morgan fingerprint density at radius 1 is 1.36 bits per heavy atom. The Labute approximate surface area is 138 Å². The van der Waals surface area contributed by atoms with Crippen LogP contribution in [-0.2, 0) is 0 Å². The zero-order valence-corrected chi connectivity index (χ0v) is 14.2. The molecule has 2 rings (SSSR count). The van der Waals surface area contributed by atoms with E-state index < -0.39 is 0 Å². The number of carbonyl (C=O) groups is 1. The van der Waals surface area contributed by atoms with Crippen molar-refractivity contribution in [2.75, 3.05) is 27.3 Å². The van der Waals surface area contributed by atoms with Gasteiger partial charge in [0.1, 0.15) is 11.5 Å². The standard InChI is InChI=1S/C16H24N2O3.ClH/c1-11(12-5-4-8-17-10-12)18-16(19)14-7-6-13(20-2)9-15(14)21-3;/h6-7,9,11-12,17H,4-5,8,10H2,1-3H3,(H,18,19);1H. The van der Waals surface area contributed by atoms with Crippen molar-refractivity contribution in [3.8, 4) is 11.5 Å². The molecule has 1 saturated heterocycles. The fraction of sp³-hybridized carbons (Fsp3) is 0.562. The number of rotatable bonds is 5. The number of ether oxygens (including phenoxy) is 2. The Morgan fingerprint density at radius 2 is 2.14 bits per heavy atom. The van der Waals surface area contributed by atoms with Crippen LogP contribution in [0.2, 0.25) is 0 Å². The Morgan fingerprint density at radius 3 is 2.73 bits per heavy atom. The quantitative estimate of drug-likeness (QED) is 0.870. The average molecular weight is 329 g/mol. The molecule has 5 nitrogen and oxygen atoms in total. The average Bonchev–Trinajstić information content (AvgIpc) is 2.54. The second-order valence-corrected chi connectivity index (χ2v) is 5.43. The maximum absolute atomic E-state index is 12.4. The smallest absolute Gasteiger partial charge is 0.255 e. The van der Waals surface area contributed by atoms with Crippen molar-refractivity contribution in [1.29, 1.82) is 0 Å². The summed E-state index contributed by atoms with van der Waals surface area (Å²) in [4.78, 5) is 12.4. The molecule has 0 bridgehead atoms. The number of halogens is 1. The van der Waals surface area contributed by atoms with Crippen LogP contribution in [0.3, 0.4) is 0 Å². The van der Waals surface area contributed by atoms with Gasteiger partial charge in [-0.05, 0) is 50.9 Å². The van der Waals surface area contributed by atoms with Gasteiger partial charge in [0.25, 0.3) is 5.91 Å². The Kier molecular flexibility index (Phi) is 7.48. The van der Waals surface area contributed by atoms with Crippen LogP contribution >= 0.6 is 12.4 Å². The van der Waals surface area contributed by atoms with Gasteiger partial charge in [-0.3, -0.25) is 4.79 Å². The van der Waals surface area contributed by atoms with Crippen LogP contribution in [0.1, 0.15) is 30.1 Å². The van der Waals surface area contributed by atoms with E-state index in [0.717, 1.165) is 25.9 Å². The first-order valence-corrected chi connectivity index (χ1v) is 7.39. The third kappa shape index (κ3) is 4.52. The molecule has 0 aliphatic carbocycles. The summed E-state index contributed by atoms with van der Waals surface area (Å²) in [5, 5.41) is 6.45. The van der Waals surface area contributed by atoms with E-state index in [2.05, 4.69) is 17.6 Å². The van der Waals surface area contributed by atoms with Crippen molar-refractivity contribution in [2.24, 2.45) is 5.92 Å². The molecule has 0 radical (unpaired) electrons. The minimum Gasteiger partial charge on any atom is -0.497 e. The van der Waals surface area contributed by atoms with Gasteiger partial charge in [0.15, 0.2) is 0 Å². The van der Waals surface area contributed by atoms with E-state index >= 15 is 0 Å². The molecule has 1 aromatic carbocycles. The molecule has 0 spiro atoms. The van der Waals surface area contributed by atoms with Crippen molar-refractivity contribution in [3.05, 3.63) is 23.8 Å². The molecular weight excluding hydrogens is 304 g/mol. The summed E-state index contributed by atoms with van der Waals surface area (Å²) >= 11 is 0. The van der Waals surface area contributed by atoms with Gasteiger partial charge in [-0.1, -0.05) is 0 Å². The van der Waals surface area contributed by atoms with E-state index in [1.165, 1.54) is 0 Å². The van der Waals surface area contributed by atoms with Crippen molar-refractivity contribution < 1.29 is 14.3 Å². The van der Waals surface area contributed by atoms with E-state index in [4.69, 9.17) is 9.47 Å². The molecule has 1 aliphatic heterocycles. The molecule has 6 heteroatoms. The van der Waals surface area contributed by atoms with Crippen LogP contribution < -0.4 is 20.1 Å². The molecule has 2 atom stereocenters. The SMILES string of the molecule is COc1ccc(C(=O)NC(C)C2CCCNC2)c(OC)c1.Cl. The highest BCUT2D eigenvalue weighted by Gasteiger charge is 2.23. The first-order valence-electron chi connectivity index (χ1n) is 7.39. The van der Waals surface area contributed by atoms with E-state index in [1.54, 1.807) is 32.4 Å². The van der Waals surface area contributed by atoms with Gasteiger partial charge in [-0.15, -0.1) is 12.4 Å². The van der Waals surface area contributed by atoms with Crippen LogP contribution in [0.15, 0.2) is 18.2 Å². The predicted octanol–water partition coefficient (Wildman–Crippen LogP) is 2.24. The summed E-state index contributed by atoms with van der Waals surface area (Å²) in [6.45, 7) is 4.09. The fourth-order valence-corrected chi connectivity index (χ4v) is 2.69. The molecule has 1 amide bonds. The first-order chi connectivity index (χ1) is 10.2. The Balaban J connectivity index is 0.00000242. The number of piperidine rings is 1. The number of hydrogen-bond donors (Lipinski definition) is 2. The lowest BCUT2D eigenvalue weighted by Crippen LogP contribution is -2.44. The molecule has 0 aromatic heterocycles. The number of carbonyl (C=O) groups excluding carboxylic acids is 1. The number of hydrogen-bond acceptors (Lipinski definition) is 4. The van der Waals surface area contributed by atoms with Crippen LogP contribution in [0, 0.1) is 5.92 Å². The molecule has 1 heterocycles. The summed E-state index contributed by atoms with van der Waals surface area (Å²) in [6.07, 6.45) is 2.31. The summed E-state index contributed by atoms with van der Waals surface area (Å²) in [7, 11) is 3.15. The molecule has 124 valence electrons. The van der Waals surface area contributed by atoms with Gasteiger partial charge in [0.05, 0.1) is 19.8 Å². The zero-order valence-electron chi connectivity index (χ0n) is 13.3. The Bertz CT molecular complexity index is 490. The maximum Gasteiger partial charge on any atom is 0.255 e.